The lowest BCUT2D eigenvalue weighted by molar-refractivity contribution is 0.0592. The van der Waals surface area contributed by atoms with E-state index in [1.165, 1.54) is 0 Å². The Kier molecular flexibility index (Phi) is 5.72. The van der Waals surface area contributed by atoms with Crippen LogP contribution in [-0.4, -0.2) is 39.3 Å². The molecule has 5 aliphatic heterocycles. The number of carbonyl (C=O) groups excluding carboxylic acids is 1. The van der Waals surface area contributed by atoms with Crippen molar-refractivity contribution in [2.24, 2.45) is 0 Å². The molecule has 5 aliphatic rings. The van der Waals surface area contributed by atoms with E-state index in [-0.39, 0.29) is 5.57 Å². The average molecular weight is 578 g/mol. The highest BCUT2D eigenvalue weighted by molar-refractivity contribution is 6.00. The number of aryl methyl sites for hydroxylation is 2. The van der Waals surface area contributed by atoms with Crippen molar-refractivity contribution in [2.75, 3.05) is 38.2 Å². The quantitative estimate of drug-likeness (QED) is 0.116. The molecule has 0 atom stereocenters. The van der Waals surface area contributed by atoms with Gasteiger partial charge in [0.25, 0.3) is 0 Å². The smallest absolute Gasteiger partial charge is 0.341 e. The fourth-order valence-corrected chi connectivity index (χ4v) is 7.94. The summed E-state index contributed by atoms with van der Waals surface area (Å²) in [6.07, 6.45) is 6.72. The average Bonchev–Trinajstić information content (AvgIpc) is 3.01. The minimum atomic E-state index is -2.04. The summed E-state index contributed by atoms with van der Waals surface area (Å²) < 4.78 is 75.3. The molecule has 0 saturated heterocycles. The van der Waals surface area contributed by atoms with E-state index in [9.17, 15) is 9.18 Å². The van der Waals surface area contributed by atoms with Crippen molar-refractivity contribution < 1.29 is 31.8 Å². The second-order valence-corrected chi connectivity index (χ2v) is 11.8. The number of esters is 1. The molecule has 0 aromatic heterocycles. The van der Waals surface area contributed by atoms with Gasteiger partial charge in [-0.25, -0.2) is 26.9 Å². The molecule has 0 saturated carbocycles. The standard InChI is InChI=1S/C33H29F4N2O3/c1-41-33(40)24-23(25(34)27(36)28(37)26(24)35)22-20-14-16-6-2-10-38-12-4-8-18(29(16)38)31(20)42-32-19-9-5-13-39-11-3-7-17(30(19)39)15-21(22)32/h14-15H,2-13H2,1H3/q+1. The molecule has 0 N–H and O–H groups in total. The van der Waals surface area contributed by atoms with Crippen LogP contribution in [0.4, 0.5) is 23.2 Å². The molecule has 0 fully saturated rings. The Hall–Kier alpha value is -3.88. The number of anilines is 1. The molecule has 42 heavy (non-hydrogen) atoms. The first kappa shape index (κ1) is 25.8. The minimum absolute atomic E-state index is 0.144. The van der Waals surface area contributed by atoms with Crippen LogP contribution in [0.2, 0.25) is 0 Å². The summed E-state index contributed by atoms with van der Waals surface area (Å²) >= 11 is 0. The third kappa shape index (κ3) is 3.42. The largest absolute Gasteiger partial charge is 0.465 e. The summed E-state index contributed by atoms with van der Waals surface area (Å²) in [5, 5.41) is 1.58. The van der Waals surface area contributed by atoms with E-state index in [1.807, 2.05) is 12.1 Å². The molecule has 0 amide bonds. The van der Waals surface area contributed by atoms with E-state index in [2.05, 4.69) is 9.48 Å². The number of methoxy groups -OCH3 is 1. The molecule has 0 radical (unpaired) electrons. The van der Waals surface area contributed by atoms with Gasteiger partial charge in [0.2, 0.25) is 5.36 Å². The van der Waals surface area contributed by atoms with Gasteiger partial charge in [0.1, 0.15) is 30.2 Å². The molecule has 0 bridgehead atoms. The number of nitrogens with zero attached hydrogens (tertiary/aromatic N) is 2. The topological polar surface area (TPSA) is 41.8 Å². The minimum Gasteiger partial charge on any atom is -0.465 e. The highest BCUT2D eigenvalue weighted by Crippen LogP contribution is 2.49. The molecule has 3 aromatic carbocycles. The predicted octanol–water partition coefficient (Wildman–Crippen LogP) is 4.46. The SMILES string of the molecule is COC(=O)c1c(F)c(F)c(F)c(F)c1C1=c2cc3c4c(c2Oc2c1cc1c5c2CCCN5CCC1)CCC[N+]=4CCC3. The van der Waals surface area contributed by atoms with E-state index in [0.717, 1.165) is 118 Å². The van der Waals surface area contributed by atoms with Gasteiger partial charge in [0.05, 0.1) is 12.7 Å². The van der Waals surface area contributed by atoms with Gasteiger partial charge < -0.3 is 14.4 Å². The van der Waals surface area contributed by atoms with E-state index >= 15 is 13.2 Å². The number of ether oxygens (including phenoxy) is 2. The van der Waals surface area contributed by atoms with Gasteiger partial charge in [-0.3, -0.25) is 0 Å². The summed E-state index contributed by atoms with van der Waals surface area (Å²) in [5.74, 6) is -7.64. The molecular formula is C33H29F4N2O3+. The van der Waals surface area contributed by atoms with Gasteiger partial charge in [-0.2, -0.15) is 0 Å². The van der Waals surface area contributed by atoms with Gasteiger partial charge in [-0.1, -0.05) is 0 Å². The van der Waals surface area contributed by atoms with Gasteiger partial charge in [-0.05, 0) is 56.2 Å². The Balaban J connectivity index is 1.59. The van der Waals surface area contributed by atoms with Crippen LogP contribution < -0.4 is 24.8 Å². The van der Waals surface area contributed by atoms with Crippen molar-refractivity contribution in [1.82, 2.24) is 4.58 Å². The zero-order valence-corrected chi connectivity index (χ0v) is 23.3. The van der Waals surface area contributed by atoms with Gasteiger partial charge >= 0.3 is 5.97 Å². The van der Waals surface area contributed by atoms with E-state index in [1.54, 1.807) is 0 Å². The van der Waals surface area contributed by atoms with Crippen molar-refractivity contribution >= 4 is 17.2 Å². The van der Waals surface area contributed by atoms with Gasteiger partial charge in [0, 0.05) is 64.7 Å². The summed E-state index contributed by atoms with van der Waals surface area (Å²) in [4.78, 5) is 15.3. The summed E-state index contributed by atoms with van der Waals surface area (Å²) in [5.41, 5.74) is 4.21. The van der Waals surface area contributed by atoms with E-state index in [4.69, 9.17) is 9.47 Å². The van der Waals surface area contributed by atoms with Crippen molar-refractivity contribution in [1.29, 1.82) is 0 Å². The van der Waals surface area contributed by atoms with Gasteiger partial charge in [-0.15, -0.1) is 0 Å². The Morgan fingerprint density at radius 2 is 1.52 bits per heavy atom. The van der Waals surface area contributed by atoms with Crippen molar-refractivity contribution in [3.63, 3.8) is 0 Å². The Morgan fingerprint density at radius 3 is 2.31 bits per heavy atom. The fourth-order valence-electron chi connectivity index (χ4n) is 7.94. The molecule has 9 heteroatoms. The molecular weight excluding hydrogens is 548 g/mol. The van der Waals surface area contributed by atoms with Crippen LogP contribution in [0.1, 0.15) is 69.4 Å². The van der Waals surface area contributed by atoms with Crippen LogP contribution in [0, 0.1) is 23.3 Å². The Bertz CT molecular complexity index is 1880. The molecule has 0 unspecified atom stereocenters. The maximum atomic E-state index is 16.1. The van der Waals surface area contributed by atoms with Crippen LogP contribution in [0.3, 0.4) is 0 Å². The van der Waals surface area contributed by atoms with Crippen LogP contribution >= 0.6 is 0 Å². The third-order valence-corrected chi connectivity index (χ3v) is 9.59. The summed E-state index contributed by atoms with van der Waals surface area (Å²) in [6, 6.07) is 3.84. The highest BCUT2D eigenvalue weighted by Gasteiger charge is 2.39. The maximum Gasteiger partial charge on any atom is 0.341 e. The number of benzene rings is 3. The molecule has 5 nitrogen and oxygen atoms in total. The van der Waals surface area contributed by atoms with Crippen molar-refractivity contribution in [3.8, 4) is 11.5 Å². The fraction of sp³-hybridized carbons (Fsp3) is 0.394. The van der Waals surface area contributed by atoms with E-state index < -0.39 is 40.4 Å². The number of hydrogen-bond donors (Lipinski definition) is 0. The van der Waals surface area contributed by atoms with Crippen molar-refractivity contribution in [2.45, 2.75) is 51.4 Å². The van der Waals surface area contributed by atoms with Gasteiger partial charge in [0.15, 0.2) is 23.3 Å². The Morgan fingerprint density at radius 1 is 0.833 bits per heavy atom. The normalized spacial score (nSPS) is 18.1. The van der Waals surface area contributed by atoms with Crippen LogP contribution in [0.25, 0.3) is 5.57 Å². The maximum absolute atomic E-state index is 16.1. The lowest BCUT2D eigenvalue weighted by Gasteiger charge is -2.39. The first-order valence-corrected chi connectivity index (χ1v) is 14.8. The second-order valence-electron chi connectivity index (χ2n) is 11.8. The zero-order chi connectivity index (χ0) is 28.9. The molecule has 0 spiro atoms. The third-order valence-electron chi connectivity index (χ3n) is 9.59. The zero-order valence-electron chi connectivity index (χ0n) is 23.3. The summed E-state index contributed by atoms with van der Waals surface area (Å²) in [6.45, 7) is 3.70. The highest BCUT2D eigenvalue weighted by atomic mass is 19.2. The molecule has 8 rings (SSSR count). The number of carbonyl (C=O) groups is 1. The number of hydrogen-bond acceptors (Lipinski definition) is 4. The Labute approximate surface area is 239 Å². The van der Waals surface area contributed by atoms with Crippen LogP contribution in [0.5, 0.6) is 11.5 Å². The molecule has 3 aromatic rings. The predicted molar refractivity (Wildman–Crippen MR) is 148 cm³/mol. The molecule has 5 heterocycles. The van der Waals surface area contributed by atoms with E-state index in [0.29, 0.717) is 22.3 Å². The number of rotatable bonds is 2. The van der Waals surface area contributed by atoms with Crippen LogP contribution in [0.15, 0.2) is 12.1 Å². The lowest BCUT2D eigenvalue weighted by atomic mass is 9.81. The first-order valence-electron chi connectivity index (χ1n) is 14.8. The second kappa shape index (κ2) is 9.31. The number of halogens is 4. The summed E-state index contributed by atoms with van der Waals surface area (Å²) in [7, 11) is 1.01. The molecule has 0 aliphatic carbocycles. The monoisotopic (exact) mass is 577 g/mol. The lowest BCUT2D eigenvalue weighted by Crippen LogP contribution is -2.45. The van der Waals surface area contributed by atoms with Crippen LogP contribution in [-0.2, 0) is 30.4 Å². The van der Waals surface area contributed by atoms with Crippen molar-refractivity contribution in [3.05, 3.63) is 84.9 Å². The number of fused-ring (bicyclic) bond motifs is 4. The first-order chi connectivity index (χ1) is 20.4. The molecule has 216 valence electrons.